The quantitative estimate of drug-likeness (QED) is 0.233. The van der Waals surface area contributed by atoms with E-state index >= 15 is 0 Å². The average molecular weight is 580 g/mol. The Balaban J connectivity index is 6.78. The molecule has 216 valence electrons. The summed E-state index contributed by atoms with van der Waals surface area (Å²) in [6.07, 6.45) is -40.5. The van der Waals surface area contributed by atoms with Gasteiger partial charge in [0.05, 0.1) is 0 Å². The van der Waals surface area contributed by atoms with E-state index in [0.29, 0.717) is 6.92 Å². The number of carbonyl (C=O) groups is 1. The minimum absolute atomic E-state index is 0.685. The SMILES string of the molecule is C[C@@H](OC(=O)[C@](F)(OC(F)(F)[C@](F)(OC(F)(F)C(F)(F)C(F)(F)F)C(F)(F)F)C(F)(F)F)C(C)(C)C. The second-order valence-corrected chi connectivity index (χ2v) is 7.91. The Labute approximate surface area is 188 Å². The Morgan fingerprint density at radius 2 is 0.972 bits per heavy atom. The van der Waals surface area contributed by atoms with Crippen molar-refractivity contribution in [3.05, 3.63) is 0 Å². The minimum Gasteiger partial charge on any atom is -0.458 e. The normalized spacial score (nSPS) is 19.4. The Kier molecular flexibility index (Phi) is 8.73. The number of hydrogen-bond acceptors (Lipinski definition) is 4. The summed E-state index contributed by atoms with van der Waals surface area (Å²) in [6.45, 7) is 3.90. The van der Waals surface area contributed by atoms with Crippen LogP contribution in [0.25, 0.3) is 0 Å². The van der Waals surface area contributed by atoms with Crippen LogP contribution in [-0.2, 0) is 19.0 Å². The van der Waals surface area contributed by atoms with Crippen LogP contribution in [0.15, 0.2) is 0 Å². The van der Waals surface area contributed by atoms with Crippen LogP contribution < -0.4 is 0 Å². The van der Waals surface area contributed by atoms with Crippen LogP contribution >= 0.6 is 0 Å². The van der Waals surface area contributed by atoms with E-state index in [4.69, 9.17) is 0 Å². The van der Waals surface area contributed by atoms with Crippen LogP contribution in [0, 0.1) is 5.41 Å². The van der Waals surface area contributed by atoms with Gasteiger partial charge in [0.1, 0.15) is 6.10 Å². The summed E-state index contributed by atoms with van der Waals surface area (Å²) in [6, 6.07) is 0. The molecule has 0 aromatic rings. The van der Waals surface area contributed by atoms with Gasteiger partial charge in [-0.2, -0.15) is 74.6 Å². The standard InChI is InChI=1S/C15H13F17O4/c1-5(7(2,3)4)34-6(33)8(16,11(20,21)22)35-15(31,32)10(19,13(26,27)28)36-14(29,30)9(17,18)12(23,24)25/h5H,1-4H3/t5-,8+,10-/m1/s1. The zero-order chi connectivity index (χ0) is 29.8. The van der Waals surface area contributed by atoms with Crippen LogP contribution in [-0.4, -0.2) is 60.5 Å². The molecule has 21 heteroatoms. The maximum atomic E-state index is 14.3. The molecule has 0 aromatic carbocycles. The molecule has 0 unspecified atom stereocenters. The van der Waals surface area contributed by atoms with Gasteiger partial charge in [-0.15, -0.1) is 0 Å². The zero-order valence-electron chi connectivity index (χ0n) is 17.6. The molecule has 0 bridgehead atoms. The molecule has 0 aliphatic heterocycles. The second-order valence-electron chi connectivity index (χ2n) is 7.91. The van der Waals surface area contributed by atoms with Crippen molar-refractivity contribution in [3.8, 4) is 0 Å². The lowest BCUT2D eigenvalue weighted by atomic mass is 9.90. The van der Waals surface area contributed by atoms with Gasteiger partial charge in [-0.1, -0.05) is 20.8 Å². The van der Waals surface area contributed by atoms with E-state index in [9.17, 15) is 79.4 Å². The van der Waals surface area contributed by atoms with Crippen LogP contribution in [0.1, 0.15) is 27.7 Å². The predicted molar refractivity (Wildman–Crippen MR) is 77.9 cm³/mol. The Bertz CT molecular complexity index is 794. The second kappa shape index (κ2) is 9.19. The maximum Gasteiger partial charge on any atom is 0.462 e. The molecule has 0 saturated carbocycles. The van der Waals surface area contributed by atoms with Gasteiger partial charge in [0.2, 0.25) is 0 Å². The highest BCUT2D eigenvalue weighted by Gasteiger charge is 2.85. The number of ether oxygens (including phenoxy) is 3. The summed E-state index contributed by atoms with van der Waals surface area (Å²) in [5, 5.41) is 0. The van der Waals surface area contributed by atoms with Crippen LogP contribution in [0.3, 0.4) is 0 Å². The number of alkyl halides is 17. The molecule has 0 amide bonds. The van der Waals surface area contributed by atoms with Crippen molar-refractivity contribution in [1.29, 1.82) is 0 Å². The van der Waals surface area contributed by atoms with Gasteiger partial charge in [-0.3, -0.25) is 9.47 Å². The highest BCUT2D eigenvalue weighted by Crippen LogP contribution is 2.56. The highest BCUT2D eigenvalue weighted by atomic mass is 19.4. The molecule has 0 aromatic heterocycles. The monoisotopic (exact) mass is 580 g/mol. The molecule has 0 radical (unpaired) electrons. The molecule has 0 aliphatic rings. The lowest BCUT2D eigenvalue weighted by Gasteiger charge is -2.40. The molecule has 0 aliphatic carbocycles. The maximum absolute atomic E-state index is 14.3. The van der Waals surface area contributed by atoms with E-state index in [-0.39, 0.29) is 0 Å². The van der Waals surface area contributed by atoms with Crippen molar-refractivity contribution in [2.75, 3.05) is 0 Å². The van der Waals surface area contributed by atoms with Crippen molar-refractivity contribution >= 4 is 5.97 Å². The first-order chi connectivity index (χ1) is 15.2. The topological polar surface area (TPSA) is 44.8 Å². The van der Waals surface area contributed by atoms with Gasteiger partial charge in [-0.25, -0.2) is 4.79 Å². The Morgan fingerprint density at radius 1 is 0.583 bits per heavy atom. The molecule has 0 saturated heterocycles. The third-order valence-electron chi connectivity index (χ3n) is 4.13. The van der Waals surface area contributed by atoms with E-state index in [1.54, 1.807) is 0 Å². The Morgan fingerprint density at radius 3 is 1.25 bits per heavy atom. The van der Waals surface area contributed by atoms with Gasteiger partial charge in [0.15, 0.2) is 0 Å². The fraction of sp³-hybridized carbons (Fsp3) is 0.933. The first-order valence-corrected chi connectivity index (χ1v) is 8.54. The fourth-order valence-electron chi connectivity index (χ4n) is 1.56. The molecular formula is C15H13F17O4. The van der Waals surface area contributed by atoms with Gasteiger partial charge in [0.25, 0.3) is 0 Å². The van der Waals surface area contributed by atoms with Crippen LogP contribution in [0.4, 0.5) is 74.6 Å². The summed E-state index contributed by atoms with van der Waals surface area (Å²) >= 11 is 0. The third kappa shape index (κ3) is 6.18. The van der Waals surface area contributed by atoms with Crippen molar-refractivity contribution in [1.82, 2.24) is 0 Å². The number of carbonyl (C=O) groups excluding carboxylic acids is 1. The van der Waals surface area contributed by atoms with E-state index in [1.807, 2.05) is 4.74 Å². The smallest absolute Gasteiger partial charge is 0.458 e. The Hall–Kier alpha value is -1.80. The van der Waals surface area contributed by atoms with Crippen molar-refractivity contribution in [2.24, 2.45) is 5.41 Å². The van der Waals surface area contributed by atoms with Gasteiger partial charge in [-0.05, 0) is 12.3 Å². The highest BCUT2D eigenvalue weighted by molar-refractivity contribution is 5.79. The fourth-order valence-corrected chi connectivity index (χ4v) is 1.56. The van der Waals surface area contributed by atoms with E-state index in [1.165, 1.54) is 4.74 Å². The predicted octanol–water partition coefficient (Wildman–Crippen LogP) is 6.84. The van der Waals surface area contributed by atoms with Gasteiger partial charge < -0.3 is 4.74 Å². The molecule has 0 fully saturated rings. The van der Waals surface area contributed by atoms with Crippen LogP contribution in [0.2, 0.25) is 0 Å². The summed E-state index contributed by atoms with van der Waals surface area (Å²) in [4.78, 5) is 11.6. The number of rotatable bonds is 8. The third-order valence-corrected chi connectivity index (χ3v) is 4.13. The molecule has 0 rings (SSSR count). The van der Waals surface area contributed by atoms with E-state index in [0.717, 1.165) is 20.8 Å². The summed E-state index contributed by atoms with van der Waals surface area (Å²) in [5.41, 5.74) is -1.44. The average Bonchev–Trinajstić information content (AvgIpc) is 2.56. The molecule has 3 atom stereocenters. The first-order valence-electron chi connectivity index (χ1n) is 8.54. The van der Waals surface area contributed by atoms with Crippen molar-refractivity contribution in [2.45, 2.75) is 82.2 Å². The molecule has 0 spiro atoms. The number of hydrogen-bond donors (Lipinski definition) is 0. The van der Waals surface area contributed by atoms with Crippen LogP contribution in [0.5, 0.6) is 0 Å². The molecule has 0 N–H and O–H groups in total. The van der Waals surface area contributed by atoms with Gasteiger partial charge in [0, 0.05) is 0 Å². The zero-order valence-corrected chi connectivity index (χ0v) is 17.6. The number of esters is 1. The molecule has 4 nitrogen and oxygen atoms in total. The summed E-state index contributed by atoms with van der Waals surface area (Å²) in [5.74, 6) is -26.4. The summed E-state index contributed by atoms with van der Waals surface area (Å²) in [7, 11) is 0. The summed E-state index contributed by atoms with van der Waals surface area (Å²) < 4.78 is 229. The molecule has 36 heavy (non-hydrogen) atoms. The first kappa shape index (κ1) is 34.2. The minimum atomic E-state index is -8.06. The largest absolute Gasteiger partial charge is 0.462 e. The van der Waals surface area contributed by atoms with Crippen molar-refractivity contribution < 1.29 is 93.6 Å². The van der Waals surface area contributed by atoms with Crippen molar-refractivity contribution in [3.63, 3.8) is 0 Å². The molecular weight excluding hydrogens is 567 g/mol. The number of halogens is 17. The molecule has 0 heterocycles. The van der Waals surface area contributed by atoms with E-state index < -0.39 is 65.9 Å². The van der Waals surface area contributed by atoms with Gasteiger partial charge >= 0.3 is 54.3 Å². The lowest BCUT2D eigenvalue weighted by Crippen LogP contribution is -2.68. The van der Waals surface area contributed by atoms with E-state index in [2.05, 4.69) is 4.74 Å². The lowest BCUT2D eigenvalue weighted by molar-refractivity contribution is -0.548.